The van der Waals surface area contributed by atoms with Crippen molar-refractivity contribution in [2.45, 2.75) is 4.90 Å². The fourth-order valence-electron chi connectivity index (χ4n) is 2.09. The molecule has 0 unspecified atom stereocenters. The van der Waals surface area contributed by atoms with E-state index in [1.807, 2.05) is 6.07 Å². The van der Waals surface area contributed by atoms with Gasteiger partial charge in [0, 0.05) is 19.6 Å². The smallest absolute Gasteiger partial charge is 0.251 e. The molecule has 0 aliphatic heterocycles. The molecule has 0 aliphatic carbocycles. The molecule has 0 fully saturated rings. The van der Waals surface area contributed by atoms with Gasteiger partial charge in [0.1, 0.15) is 4.90 Å². The third-order valence-corrected chi connectivity index (χ3v) is 6.56. The molecular weight excluding hydrogens is 432 g/mol. The van der Waals surface area contributed by atoms with Gasteiger partial charge in [-0.2, -0.15) is 0 Å². The molecule has 0 atom stereocenters. The third kappa shape index (κ3) is 3.78. The summed E-state index contributed by atoms with van der Waals surface area (Å²) in [4.78, 5) is 12.0. The Kier molecular flexibility index (Phi) is 4.92. The molecule has 0 saturated carbocycles. The Labute approximate surface area is 156 Å². The first-order valence-corrected chi connectivity index (χ1v) is 10.3. The fraction of sp³-hybridized carbons (Fsp3) is 0. The Morgan fingerprint density at radius 1 is 1.04 bits per heavy atom. The third-order valence-electron chi connectivity index (χ3n) is 3.28. The Bertz CT molecular complexity index is 1100. The van der Waals surface area contributed by atoms with Crippen molar-refractivity contribution in [2.24, 2.45) is 0 Å². The molecule has 0 aliphatic rings. The molecule has 122 valence electrons. The highest BCUT2D eigenvalue weighted by molar-refractivity contribution is 9.10. The molecule has 0 saturated heterocycles. The Balaban J connectivity index is 2.06. The van der Waals surface area contributed by atoms with Crippen molar-refractivity contribution < 1.29 is 8.42 Å². The summed E-state index contributed by atoms with van der Waals surface area (Å²) >= 11 is 10.1. The van der Waals surface area contributed by atoms with Crippen molar-refractivity contribution >= 4 is 64.9 Å². The van der Waals surface area contributed by atoms with Gasteiger partial charge in [-0.1, -0.05) is 51.0 Å². The van der Waals surface area contributed by atoms with E-state index in [4.69, 9.17) is 11.6 Å². The summed E-state index contributed by atoms with van der Waals surface area (Å²) in [6, 6.07) is 13.5. The van der Waals surface area contributed by atoms with Gasteiger partial charge < -0.3 is 0 Å². The number of hydrogen-bond acceptors (Lipinski definition) is 4. The monoisotopic (exact) mass is 440 g/mol. The van der Waals surface area contributed by atoms with E-state index < -0.39 is 14.6 Å². The number of rotatable bonds is 3. The van der Waals surface area contributed by atoms with E-state index in [-0.39, 0.29) is 4.90 Å². The summed E-state index contributed by atoms with van der Waals surface area (Å²) in [6.07, 6.45) is 1.45. The fourth-order valence-corrected chi connectivity index (χ4v) is 4.80. The van der Waals surface area contributed by atoms with Crippen LogP contribution in [-0.2, 0) is 9.84 Å². The maximum Gasteiger partial charge on any atom is 0.251 e. The molecule has 0 bridgehead atoms. The van der Waals surface area contributed by atoms with Gasteiger partial charge in [0.15, 0.2) is 0 Å². The Morgan fingerprint density at radius 3 is 2.46 bits per heavy atom. The molecule has 24 heavy (non-hydrogen) atoms. The van der Waals surface area contributed by atoms with E-state index in [1.165, 1.54) is 12.1 Å². The average Bonchev–Trinajstić information content (AvgIpc) is 2.54. The van der Waals surface area contributed by atoms with Crippen LogP contribution in [0.2, 0.25) is 5.02 Å². The van der Waals surface area contributed by atoms with Gasteiger partial charge >= 0.3 is 0 Å². The zero-order valence-corrected chi connectivity index (χ0v) is 16.0. The number of benzene rings is 2. The van der Waals surface area contributed by atoms with Gasteiger partial charge in [0.25, 0.3) is 4.74 Å². The van der Waals surface area contributed by atoms with Crippen molar-refractivity contribution in [2.75, 3.05) is 0 Å². The number of fused-ring (bicyclic) bond motifs is 1. The van der Waals surface area contributed by atoms with Crippen LogP contribution < -0.4 is 4.74 Å². The summed E-state index contributed by atoms with van der Waals surface area (Å²) in [5, 5.41) is 2.31. The number of hydrogen-bond donors (Lipinski definition) is 0. The number of sulfone groups is 1. The highest BCUT2D eigenvalue weighted by Crippen LogP contribution is 2.24. The summed E-state index contributed by atoms with van der Waals surface area (Å²) in [5.74, 6) is 0. The minimum absolute atomic E-state index is 0.219. The lowest BCUT2D eigenvalue weighted by Gasteiger charge is -2.02. The summed E-state index contributed by atoms with van der Waals surface area (Å²) in [5.41, 5.74) is 0.683. The lowest BCUT2D eigenvalue weighted by atomic mass is 10.2. The predicted octanol–water partition coefficient (Wildman–Crippen LogP) is 5.12. The Morgan fingerprint density at radius 2 is 1.75 bits per heavy atom. The first-order valence-electron chi connectivity index (χ1n) is 6.77. The van der Waals surface area contributed by atoms with Crippen LogP contribution in [0.1, 0.15) is 5.56 Å². The van der Waals surface area contributed by atoms with Crippen LogP contribution in [0, 0.1) is 0 Å². The van der Waals surface area contributed by atoms with E-state index in [9.17, 15) is 13.2 Å². The zero-order valence-electron chi connectivity index (χ0n) is 12.1. The van der Waals surface area contributed by atoms with Crippen molar-refractivity contribution in [3.05, 3.63) is 78.5 Å². The first-order chi connectivity index (χ1) is 11.3. The minimum atomic E-state index is -3.83. The highest BCUT2D eigenvalue weighted by Gasteiger charge is 2.16. The van der Waals surface area contributed by atoms with Gasteiger partial charge in [-0.15, -0.1) is 0 Å². The molecule has 3 rings (SSSR count). The SMILES string of the molecule is O=c1sc2ccc(Br)cc2cc1S(=O)(=O)/C=C\c1ccc(Cl)cc1. The first kappa shape index (κ1) is 17.4. The van der Waals surface area contributed by atoms with Crippen molar-refractivity contribution in [3.63, 3.8) is 0 Å². The Hall–Kier alpha value is -1.47. The van der Waals surface area contributed by atoms with Crippen molar-refractivity contribution in [1.29, 1.82) is 0 Å². The molecule has 0 amide bonds. The molecular formula is C17H10BrClO3S2. The van der Waals surface area contributed by atoms with Gasteiger partial charge in [-0.3, -0.25) is 4.79 Å². The van der Waals surface area contributed by atoms with Gasteiger partial charge in [-0.05, 0) is 53.4 Å². The number of halogens is 2. The molecule has 0 spiro atoms. The summed E-state index contributed by atoms with van der Waals surface area (Å²) in [7, 11) is -3.83. The van der Waals surface area contributed by atoms with Gasteiger partial charge in [-0.25, -0.2) is 8.42 Å². The normalized spacial score (nSPS) is 12.1. The molecule has 1 aromatic heterocycles. The largest absolute Gasteiger partial charge is 0.276 e. The molecule has 2 aromatic carbocycles. The van der Waals surface area contributed by atoms with Gasteiger partial charge in [0.05, 0.1) is 0 Å². The van der Waals surface area contributed by atoms with E-state index in [0.29, 0.717) is 16.0 Å². The maximum absolute atomic E-state index is 12.5. The predicted molar refractivity (Wildman–Crippen MR) is 103 cm³/mol. The van der Waals surface area contributed by atoms with Crippen LogP contribution in [-0.4, -0.2) is 8.42 Å². The zero-order chi connectivity index (χ0) is 17.3. The van der Waals surface area contributed by atoms with Crippen LogP contribution in [0.25, 0.3) is 16.2 Å². The second kappa shape index (κ2) is 6.80. The van der Waals surface area contributed by atoms with E-state index >= 15 is 0 Å². The van der Waals surface area contributed by atoms with Crippen LogP contribution in [0.3, 0.4) is 0 Å². The maximum atomic E-state index is 12.5. The lowest BCUT2D eigenvalue weighted by molar-refractivity contribution is 0.604. The summed E-state index contributed by atoms with van der Waals surface area (Å²) < 4.78 is 26.1. The molecule has 7 heteroatoms. The highest BCUT2D eigenvalue weighted by atomic mass is 79.9. The quantitative estimate of drug-likeness (QED) is 0.567. The standard InChI is InChI=1S/C17H10BrClO3S2/c18-13-3-6-15-12(9-13)10-16(17(20)23-15)24(21,22)8-7-11-1-4-14(19)5-2-11/h1-10H/b8-7-. The molecule has 0 radical (unpaired) electrons. The van der Waals surface area contributed by atoms with E-state index in [0.717, 1.165) is 25.9 Å². The van der Waals surface area contributed by atoms with Gasteiger partial charge in [0.2, 0.25) is 9.84 Å². The molecule has 3 aromatic rings. The van der Waals surface area contributed by atoms with E-state index in [2.05, 4.69) is 15.9 Å². The van der Waals surface area contributed by atoms with Crippen LogP contribution in [0.5, 0.6) is 0 Å². The molecule has 0 N–H and O–H groups in total. The van der Waals surface area contributed by atoms with Crippen LogP contribution >= 0.6 is 38.9 Å². The average molecular weight is 442 g/mol. The minimum Gasteiger partial charge on any atom is -0.276 e. The molecule has 3 nitrogen and oxygen atoms in total. The second-order valence-electron chi connectivity index (χ2n) is 4.98. The van der Waals surface area contributed by atoms with E-state index in [1.54, 1.807) is 36.4 Å². The van der Waals surface area contributed by atoms with Crippen molar-refractivity contribution in [1.82, 2.24) is 0 Å². The van der Waals surface area contributed by atoms with Crippen molar-refractivity contribution in [3.8, 4) is 0 Å². The summed E-state index contributed by atoms with van der Waals surface area (Å²) in [6.45, 7) is 0. The second-order valence-corrected chi connectivity index (χ2v) is 9.15. The molecule has 1 heterocycles. The topological polar surface area (TPSA) is 51.2 Å². The van der Waals surface area contributed by atoms with Crippen LogP contribution in [0.4, 0.5) is 0 Å². The lowest BCUT2D eigenvalue weighted by Crippen LogP contribution is -2.09. The van der Waals surface area contributed by atoms with Crippen LogP contribution in [0.15, 0.2) is 68.1 Å².